The summed E-state index contributed by atoms with van der Waals surface area (Å²) in [5.41, 5.74) is 0.879. The van der Waals surface area contributed by atoms with Crippen molar-refractivity contribution in [2.45, 2.75) is 6.61 Å². The molecule has 0 spiro atoms. The Balaban J connectivity index is 2.01. The number of hydrogen-bond donors (Lipinski definition) is 0. The summed E-state index contributed by atoms with van der Waals surface area (Å²) in [5, 5.41) is 0.382. The molecule has 0 saturated carbocycles. The fourth-order valence-corrected chi connectivity index (χ4v) is 2.72. The summed E-state index contributed by atoms with van der Waals surface area (Å²) < 4.78 is 45.1. The third-order valence-electron chi connectivity index (χ3n) is 3.72. The van der Waals surface area contributed by atoms with Gasteiger partial charge in [0.1, 0.15) is 0 Å². The quantitative estimate of drug-likeness (QED) is 0.525. The molecule has 1 aliphatic heterocycles. The van der Waals surface area contributed by atoms with Gasteiger partial charge in [0, 0.05) is 0 Å². The molecule has 0 aromatic heterocycles. The molecule has 0 radical (unpaired) electrons. The van der Waals surface area contributed by atoms with Crippen molar-refractivity contribution >= 4 is 29.5 Å². The van der Waals surface area contributed by atoms with Gasteiger partial charge in [-0.15, -0.1) is 0 Å². The second-order valence-electron chi connectivity index (χ2n) is 5.45. The van der Waals surface area contributed by atoms with Crippen molar-refractivity contribution in [1.29, 1.82) is 0 Å². The molecule has 0 N–H and O–H groups in total. The van der Waals surface area contributed by atoms with Gasteiger partial charge in [0.15, 0.2) is 17.2 Å². The van der Waals surface area contributed by atoms with E-state index >= 15 is 0 Å². The Morgan fingerprint density at radius 1 is 1.14 bits per heavy atom. The predicted molar refractivity (Wildman–Crippen MR) is 98.2 cm³/mol. The van der Waals surface area contributed by atoms with Gasteiger partial charge >= 0.3 is 12.6 Å². The van der Waals surface area contributed by atoms with E-state index in [1.165, 1.54) is 32.4 Å². The number of methoxy groups -OCH3 is 2. The molecular weight excluding hydrogens is 396 g/mol. The zero-order chi connectivity index (χ0) is 20.3. The van der Waals surface area contributed by atoms with E-state index in [1.54, 1.807) is 24.3 Å². The number of cyclic esters (lactones) is 1. The number of carbonyl (C=O) groups is 1. The lowest BCUT2D eigenvalue weighted by molar-refractivity contribution is -0.129. The van der Waals surface area contributed by atoms with Crippen LogP contribution >= 0.6 is 11.6 Å². The smallest absolute Gasteiger partial charge is 0.387 e. The van der Waals surface area contributed by atoms with Gasteiger partial charge in [-0.25, -0.2) is 9.79 Å². The highest BCUT2D eigenvalue weighted by Crippen LogP contribution is 2.40. The number of aliphatic imine (C=N–C) groups is 1. The van der Waals surface area contributed by atoms with Crippen LogP contribution in [0.3, 0.4) is 0 Å². The molecule has 1 aliphatic rings. The molecule has 0 saturated heterocycles. The molecule has 0 bridgehead atoms. The summed E-state index contributed by atoms with van der Waals surface area (Å²) >= 11 is 6.10. The number of carbonyl (C=O) groups excluding carboxylic acids is 1. The maximum Gasteiger partial charge on any atom is 0.387 e. The first-order chi connectivity index (χ1) is 13.4. The Bertz CT molecular complexity index is 950. The molecule has 2 aromatic rings. The van der Waals surface area contributed by atoms with Crippen molar-refractivity contribution < 1.29 is 32.5 Å². The number of alkyl halides is 2. The molecule has 6 nitrogen and oxygen atoms in total. The highest BCUT2D eigenvalue weighted by molar-refractivity contribution is 6.34. The minimum absolute atomic E-state index is 0.00144. The van der Waals surface area contributed by atoms with Gasteiger partial charge in [-0.05, 0) is 35.9 Å². The lowest BCUT2D eigenvalue weighted by Gasteiger charge is -2.14. The number of benzene rings is 2. The SMILES string of the molecule is COc1cc(/C=C2\N=C(c3ccccc3Cl)OC2=O)cc(OC)c1OC(F)F. The topological polar surface area (TPSA) is 66.4 Å². The second kappa shape index (κ2) is 8.26. The van der Waals surface area contributed by atoms with Crippen molar-refractivity contribution in [1.82, 2.24) is 0 Å². The number of ether oxygens (including phenoxy) is 4. The van der Waals surface area contributed by atoms with Gasteiger partial charge in [0.2, 0.25) is 11.6 Å². The van der Waals surface area contributed by atoms with Crippen LogP contribution in [0.25, 0.3) is 6.08 Å². The fourth-order valence-electron chi connectivity index (χ4n) is 2.51. The Morgan fingerprint density at radius 2 is 1.79 bits per heavy atom. The summed E-state index contributed by atoms with van der Waals surface area (Å²) in [5.74, 6) is -0.850. The molecule has 3 rings (SSSR count). The molecular formula is C19H14ClF2NO5. The molecule has 0 fully saturated rings. The van der Waals surface area contributed by atoms with E-state index in [9.17, 15) is 13.6 Å². The lowest BCUT2D eigenvalue weighted by Crippen LogP contribution is -2.06. The van der Waals surface area contributed by atoms with Gasteiger partial charge in [-0.2, -0.15) is 8.78 Å². The average Bonchev–Trinajstić information content (AvgIpc) is 3.02. The number of rotatable bonds is 6. The molecule has 28 heavy (non-hydrogen) atoms. The number of halogens is 3. The van der Waals surface area contributed by atoms with Crippen molar-refractivity contribution in [3.8, 4) is 17.2 Å². The second-order valence-corrected chi connectivity index (χ2v) is 5.86. The molecule has 9 heteroatoms. The van der Waals surface area contributed by atoms with Crippen LogP contribution in [0.15, 0.2) is 47.1 Å². The highest BCUT2D eigenvalue weighted by Gasteiger charge is 2.26. The summed E-state index contributed by atoms with van der Waals surface area (Å²) in [4.78, 5) is 16.3. The van der Waals surface area contributed by atoms with Crippen LogP contribution in [0.2, 0.25) is 5.02 Å². The maximum absolute atomic E-state index is 12.6. The van der Waals surface area contributed by atoms with Crippen LogP contribution in [0.5, 0.6) is 17.2 Å². The minimum Gasteiger partial charge on any atom is -0.493 e. The third-order valence-corrected chi connectivity index (χ3v) is 4.05. The monoisotopic (exact) mass is 409 g/mol. The zero-order valence-electron chi connectivity index (χ0n) is 14.7. The van der Waals surface area contributed by atoms with Crippen LogP contribution in [-0.2, 0) is 9.53 Å². The van der Waals surface area contributed by atoms with Gasteiger partial charge in [-0.3, -0.25) is 0 Å². The normalized spacial score (nSPS) is 14.9. The molecule has 0 aliphatic carbocycles. The average molecular weight is 410 g/mol. The van der Waals surface area contributed by atoms with Gasteiger partial charge in [0.05, 0.1) is 24.8 Å². The fraction of sp³-hybridized carbons (Fsp3) is 0.158. The summed E-state index contributed by atoms with van der Waals surface area (Å²) in [6, 6.07) is 9.59. The maximum atomic E-state index is 12.6. The van der Waals surface area contributed by atoms with Crippen molar-refractivity contribution in [2.24, 2.45) is 4.99 Å². The van der Waals surface area contributed by atoms with Crippen LogP contribution in [0.4, 0.5) is 8.78 Å². The molecule has 2 aromatic carbocycles. The first-order valence-corrected chi connectivity index (χ1v) is 8.29. The van der Waals surface area contributed by atoms with E-state index in [-0.39, 0.29) is 28.8 Å². The van der Waals surface area contributed by atoms with E-state index in [2.05, 4.69) is 9.73 Å². The van der Waals surface area contributed by atoms with E-state index in [0.29, 0.717) is 16.1 Å². The van der Waals surface area contributed by atoms with Crippen molar-refractivity contribution in [3.05, 3.63) is 58.2 Å². The van der Waals surface area contributed by atoms with E-state index in [0.717, 1.165) is 0 Å². The summed E-state index contributed by atoms with van der Waals surface area (Å²) in [6.45, 7) is -3.06. The largest absolute Gasteiger partial charge is 0.493 e. The van der Waals surface area contributed by atoms with Gasteiger partial charge in [0.25, 0.3) is 0 Å². The van der Waals surface area contributed by atoms with Crippen molar-refractivity contribution in [2.75, 3.05) is 14.2 Å². The van der Waals surface area contributed by atoms with E-state index in [1.807, 2.05) is 0 Å². The van der Waals surface area contributed by atoms with E-state index < -0.39 is 12.6 Å². The summed E-state index contributed by atoms with van der Waals surface area (Å²) in [7, 11) is 2.59. The third kappa shape index (κ3) is 4.07. The van der Waals surface area contributed by atoms with E-state index in [4.69, 9.17) is 25.8 Å². The molecule has 0 unspecified atom stereocenters. The molecule has 0 atom stereocenters. The van der Waals surface area contributed by atoms with Crippen LogP contribution < -0.4 is 14.2 Å². The molecule has 1 heterocycles. The lowest BCUT2D eigenvalue weighted by atomic mass is 10.1. The Kier molecular flexibility index (Phi) is 5.79. The van der Waals surface area contributed by atoms with Gasteiger partial charge in [-0.1, -0.05) is 23.7 Å². The number of nitrogens with zero attached hydrogens (tertiary/aromatic N) is 1. The zero-order valence-corrected chi connectivity index (χ0v) is 15.5. The standard InChI is InChI=1S/C19H14ClF2NO5/c1-25-14-8-10(9-15(26-2)16(14)27-19(21)22)7-13-18(24)28-17(23-13)11-5-3-4-6-12(11)20/h3-9,19H,1-2H3/b13-7-. The van der Waals surface area contributed by atoms with Gasteiger partial charge < -0.3 is 18.9 Å². The van der Waals surface area contributed by atoms with Crippen molar-refractivity contribution in [3.63, 3.8) is 0 Å². The first kappa shape index (κ1) is 19.6. The highest BCUT2D eigenvalue weighted by atomic mass is 35.5. The minimum atomic E-state index is -3.06. The summed E-state index contributed by atoms with van der Waals surface area (Å²) in [6.07, 6.45) is 1.41. The van der Waals surface area contributed by atoms with Crippen LogP contribution in [0, 0.1) is 0 Å². The Hall–Kier alpha value is -3.13. The van der Waals surface area contributed by atoms with Crippen LogP contribution in [-0.4, -0.2) is 32.7 Å². The van der Waals surface area contributed by atoms with Crippen LogP contribution in [0.1, 0.15) is 11.1 Å². The molecule has 146 valence electrons. The molecule has 0 amide bonds. The predicted octanol–water partition coefficient (Wildman–Crippen LogP) is 4.30. The first-order valence-electron chi connectivity index (χ1n) is 7.91. The Morgan fingerprint density at radius 3 is 2.36 bits per heavy atom. The number of hydrogen-bond acceptors (Lipinski definition) is 6. The Labute approximate surface area is 163 Å². The number of esters is 1.